The maximum absolute atomic E-state index is 5.48. The molecular formula is C16H22ClNO. The zero-order valence-corrected chi connectivity index (χ0v) is 12.6. The van der Waals surface area contributed by atoms with Crippen molar-refractivity contribution in [1.82, 2.24) is 5.32 Å². The molecule has 0 aliphatic rings. The molecule has 0 aromatic heterocycles. The molecule has 0 saturated heterocycles. The lowest BCUT2D eigenvalue weighted by Gasteiger charge is -2.16. The molecule has 1 unspecified atom stereocenters. The van der Waals surface area contributed by atoms with Crippen molar-refractivity contribution >= 4 is 23.2 Å². The Balaban J connectivity index is 0.00000180. The van der Waals surface area contributed by atoms with Crippen LogP contribution in [0.15, 0.2) is 36.4 Å². The number of halogens is 1. The largest absolute Gasteiger partial charge is 0.496 e. The average Bonchev–Trinajstić information content (AvgIpc) is 2.44. The smallest absolute Gasteiger partial charge is 0.123 e. The van der Waals surface area contributed by atoms with Crippen molar-refractivity contribution in [2.75, 3.05) is 7.11 Å². The molecule has 0 fully saturated rings. The number of nitrogens with one attached hydrogen (secondary N) is 1. The van der Waals surface area contributed by atoms with Gasteiger partial charge in [-0.2, -0.15) is 0 Å². The summed E-state index contributed by atoms with van der Waals surface area (Å²) in [5, 5.41) is 6.07. The van der Waals surface area contributed by atoms with Gasteiger partial charge >= 0.3 is 0 Å². The van der Waals surface area contributed by atoms with Gasteiger partial charge in [-0.05, 0) is 30.2 Å². The second-order valence-corrected chi connectivity index (χ2v) is 4.66. The molecule has 2 aromatic rings. The lowest BCUT2D eigenvalue weighted by atomic mass is 10.0. The van der Waals surface area contributed by atoms with Crippen LogP contribution in [0.5, 0.6) is 5.75 Å². The van der Waals surface area contributed by atoms with Gasteiger partial charge < -0.3 is 10.1 Å². The summed E-state index contributed by atoms with van der Waals surface area (Å²) in [5.41, 5.74) is 1.25. The summed E-state index contributed by atoms with van der Waals surface area (Å²) in [6, 6.07) is 13.1. The van der Waals surface area contributed by atoms with E-state index in [-0.39, 0.29) is 12.4 Å². The SMILES string of the molecule is CCC(C)NCc1c(OC)ccc2ccccc12.Cl. The number of fused-ring (bicyclic) bond motifs is 1. The highest BCUT2D eigenvalue weighted by atomic mass is 35.5. The lowest BCUT2D eigenvalue weighted by Crippen LogP contribution is -2.24. The van der Waals surface area contributed by atoms with Crippen molar-refractivity contribution in [1.29, 1.82) is 0 Å². The van der Waals surface area contributed by atoms with Crippen molar-refractivity contribution < 1.29 is 4.74 Å². The molecule has 2 nitrogen and oxygen atoms in total. The predicted molar refractivity (Wildman–Crippen MR) is 84.3 cm³/mol. The standard InChI is InChI=1S/C16H21NO.ClH/c1-4-12(2)17-11-15-14-8-6-5-7-13(14)9-10-16(15)18-3;/h5-10,12,17H,4,11H2,1-3H3;1H. The molecule has 0 heterocycles. The summed E-state index contributed by atoms with van der Waals surface area (Å²) in [6.45, 7) is 5.25. The van der Waals surface area contributed by atoms with Crippen LogP contribution in [0.2, 0.25) is 0 Å². The van der Waals surface area contributed by atoms with Crippen LogP contribution in [0.1, 0.15) is 25.8 Å². The van der Waals surface area contributed by atoms with E-state index in [0.29, 0.717) is 6.04 Å². The van der Waals surface area contributed by atoms with E-state index in [1.54, 1.807) is 7.11 Å². The van der Waals surface area contributed by atoms with E-state index in [2.05, 4.69) is 55.6 Å². The number of hydrogen-bond acceptors (Lipinski definition) is 2. The molecule has 104 valence electrons. The fourth-order valence-corrected chi connectivity index (χ4v) is 2.11. The molecule has 0 radical (unpaired) electrons. The first kappa shape index (κ1) is 15.8. The second-order valence-electron chi connectivity index (χ2n) is 4.66. The molecule has 0 amide bonds. The fraction of sp³-hybridized carbons (Fsp3) is 0.375. The molecule has 1 atom stereocenters. The molecular weight excluding hydrogens is 258 g/mol. The zero-order chi connectivity index (χ0) is 13.0. The van der Waals surface area contributed by atoms with Crippen molar-refractivity contribution in [2.24, 2.45) is 0 Å². The Bertz CT molecular complexity index is 527. The number of rotatable bonds is 5. The highest BCUT2D eigenvalue weighted by molar-refractivity contribution is 5.87. The number of hydrogen-bond donors (Lipinski definition) is 1. The monoisotopic (exact) mass is 279 g/mol. The molecule has 1 N–H and O–H groups in total. The first-order chi connectivity index (χ1) is 8.76. The van der Waals surface area contributed by atoms with Gasteiger partial charge in [-0.3, -0.25) is 0 Å². The van der Waals surface area contributed by atoms with Crippen LogP contribution in [0.25, 0.3) is 10.8 Å². The van der Waals surface area contributed by atoms with Gasteiger partial charge in [0, 0.05) is 18.2 Å². The number of benzene rings is 2. The average molecular weight is 280 g/mol. The summed E-state index contributed by atoms with van der Waals surface area (Å²) in [7, 11) is 1.73. The van der Waals surface area contributed by atoms with Gasteiger partial charge in [-0.15, -0.1) is 12.4 Å². The lowest BCUT2D eigenvalue weighted by molar-refractivity contribution is 0.406. The van der Waals surface area contributed by atoms with Gasteiger partial charge in [0.2, 0.25) is 0 Å². The van der Waals surface area contributed by atoms with Gasteiger partial charge in [-0.25, -0.2) is 0 Å². The summed E-state index contributed by atoms with van der Waals surface area (Å²) < 4.78 is 5.48. The Morgan fingerprint density at radius 3 is 2.58 bits per heavy atom. The molecule has 0 spiro atoms. The van der Waals surface area contributed by atoms with Crippen molar-refractivity contribution in [2.45, 2.75) is 32.9 Å². The van der Waals surface area contributed by atoms with Gasteiger partial charge in [0.05, 0.1) is 7.11 Å². The van der Waals surface area contributed by atoms with Gasteiger partial charge in [0.1, 0.15) is 5.75 Å². The van der Waals surface area contributed by atoms with Crippen LogP contribution in [0.4, 0.5) is 0 Å². The molecule has 0 aliphatic carbocycles. The Kier molecular flexibility index (Phi) is 6.13. The molecule has 2 aromatic carbocycles. The van der Waals surface area contributed by atoms with E-state index in [1.165, 1.54) is 16.3 Å². The van der Waals surface area contributed by atoms with Crippen LogP contribution >= 0.6 is 12.4 Å². The molecule has 19 heavy (non-hydrogen) atoms. The van der Waals surface area contributed by atoms with E-state index < -0.39 is 0 Å². The highest BCUT2D eigenvalue weighted by Gasteiger charge is 2.08. The third-order valence-corrected chi connectivity index (χ3v) is 3.46. The maximum Gasteiger partial charge on any atom is 0.123 e. The molecule has 2 rings (SSSR count). The maximum atomic E-state index is 5.48. The minimum Gasteiger partial charge on any atom is -0.496 e. The summed E-state index contributed by atoms with van der Waals surface area (Å²) in [5.74, 6) is 0.963. The Labute approximate surface area is 121 Å². The van der Waals surface area contributed by atoms with Crippen molar-refractivity contribution in [3.8, 4) is 5.75 Å². The molecule has 0 saturated carbocycles. The summed E-state index contributed by atoms with van der Waals surface area (Å²) in [6.07, 6.45) is 1.13. The Hall–Kier alpha value is -1.25. The third-order valence-electron chi connectivity index (χ3n) is 3.46. The minimum absolute atomic E-state index is 0. The van der Waals surface area contributed by atoms with Gasteiger partial charge in [-0.1, -0.05) is 37.3 Å². The minimum atomic E-state index is 0. The molecule has 0 bridgehead atoms. The van der Waals surface area contributed by atoms with Crippen LogP contribution in [-0.2, 0) is 6.54 Å². The van der Waals surface area contributed by atoms with E-state index in [4.69, 9.17) is 4.74 Å². The van der Waals surface area contributed by atoms with Crippen molar-refractivity contribution in [3.05, 3.63) is 42.0 Å². The van der Waals surface area contributed by atoms with E-state index >= 15 is 0 Å². The fourth-order valence-electron chi connectivity index (χ4n) is 2.11. The van der Waals surface area contributed by atoms with E-state index in [0.717, 1.165) is 18.7 Å². The Morgan fingerprint density at radius 1 is 1.16 bits per heavy atom. The second kappa shape index (κ2) is 7.37. The van der Waals surface area contributed by atoms with Gasteiger partial charge in [0.25, 0.3) is 0 Å². The number of methoxy groups -OCH3 is 1. The first-order valence-corrected chi connectivity index (χ1v) is 6.54. The first-order valence-electron chi connectivity index (χ1n) is 6.54. The third kappa shape index (κ3) is 3.62. The summed E-state index contributed by atoms with van der Waals surface area (Å²) in [4.78, 5) is 0. The van der Waals surface area contributed by atoms with Crippen LogP contribution in [0.3, 0.4) is 0 Å². The topological polar surface area (TPSA) is 21.3 Å². The summed E-state index contributed by atoms with van der Waals surface area (Å²) >= 11 is 0. The van der Waals surface area contributed by atoms with Gasteiger partial charge in [0.15, 0.2) is 0 Å². The quantitative estimate of drug-likeness (QED) is 0.887. The Morgan fingerprint density at radius 2 is 1.89 bits per heavy atom. The normalized spacial score (nSPS) is 11.9. The van der Waals surface area contributed by atoms with E-state index in [1.807, 2.05) is 0 Å². The zero-order valence-electron chi connectivity index (χ0n) is 11.8. The number of ether oxygens (including phenoxy) is 1. The van der Waals surface area contributed by atoms with Crippen LogP contribution < -0.4 is 10.1 Å². The highest BCUT2D eigenvalue weighted by Crippen LogP contribution is 2.27. The van der Waals surface area contributed by atoms with Crippen LogP contribution in [-0.4, -0.2) is 13.2 Å². The van der Waals surface area contributed by atoms with Crippen LogP contribution in [0, 0.1) is 0 Å². The van der Waals surface area contributed by atoms with Crippen molar-refractivity contribution in [3.63, 3.8) is 0 Å². The predicted octanol–water partition coefficient (Wildman–Crippen LogP) is 4.16. The molecule has 0 aliphatic heterocycles. The molecule has 3 heteroatoms. The van der Waals surface area contributed by atoms with E-state index in [9.17, 15) is 0 Å².